The first-order chi connectivity index (χ1) is 12.7. The number of nitrogens with one attached hydrogen (secondary N) is 1. The van der Waals surface area contributed by atoms with Crippen LogP contribution in [0, 0.1) is 5.92 Å². The molecule has 5 rings (SSSR count). The first-order valence-electron chi connectivity index (χ1n) is 9.22. The Bertz CT molecular complexity index is 962. The zero-order chi connectivity index (χ0) is 17.7. The normalized spacial score (nSPS) is 22.3. The largest absolute Gasteiger partial charge is 0.440 e. The number of oxazole rings is 1. The Morgan fingerprint density at radius 1 is 1.19 bits per heavy atom. The van der Waals surface area contributed by atoms with E-state index in [2.05, 4.69) is 29.4 Å². The third-order valence-electron chi connectivity index (χ3n) is 5.34. The van der Waals surface area contributed by atoms with Crippen LogP contribution in [0.4, 0.5) is 10.5 Å². The molecule has 5 nitrogen and oxygen atoms in total. The van der Waals surface area contributed by atoms with Gasteiger partial charge in [-0.15, -0.1) is 0 Å². The molecule has 2 atom stereocenters. The molecule has 1 aromatic heterocycles. The van der Waals surface area contributed by atoms with E-state index >= 15 is 0 Å². The van der Waals surface area contributed by atoms with Crippen LogP contribution in [0.25, 0.3) is 11.1 Å². The highest BCUT2D eigenvalue weighted by molar-refractivity contribution is 5.92. The topological polar surface area (TPSA) is 58.4 Å². The molecule has 2 aromatic carbocycles. The molecule has 1 N–H and O–H groups in total. The van der Waals surface area contributed by atoms with Crippen molar-refractivity contribution in [3.05, 3.63) is 60.0 Å². The SMILES string of the molecule is CC1CN(C(=O)Nc2ccc3oc(C4CC4)nc3c2)C1c1ccccc1. The van der Waals surface area contributed by atoms with Crippen LogP contribution in [-0.4, -0.2) is 22.5 Å². The number of carbonyl (C=O) groups excluding carboxylic acids is 1. The minimum atomic E-state index is -0.0674. The van der Waals surface area contributed by atoms with Crippen LogP contribution < -0.4 is 5.32 Å². The lowest BCUT2D eigenvalue weighted by Gasteiger charge is -2.46. The summed E-state index contributed by atoms with van der Waals surface area (Å²) < 4.78 is 5.79. The van der Waals surface area contributed by atoms with Crippen molar-refractivity contribution in [2.45, 2.75) is 31.7 Å². The summed E-state index contributed by atoms with van der Waals surface area (Å²) in [6.45, 7) is 2.95. The van der Waals surface area contributed by atoms with Gasteiger partial charge in [0.05, 0.1) is 6.04 Å². The first-order valence-corrected chi connectivity index (χ1v) is 9.22. The van der Waals surface area contributed by atoms with Gasteiger partial charge < -0.3 is 14.6 Å². The molecule has 2 unspecified atom stereocenters. The second kappa shape index (κ2) is 5.87. The molecule has 2 amide bonds. The summed E-state index contributed by atoms with van der Waals surface area (Å²) in [5, 5.41) is 3.02. The summed E-state index contributed by atoms with van der Waals surface area (Å²) >= 11 is 0. The van der Waals surface area contributed by atoms with Gasteiger partial charge in [-0.05, 0) is 42.5 Å². The van der Waals surface area contributed by atoms with Crippen LogP contribution in [0.2, 0.25) is 0 Å². The number of amides is 2. The van der Waals surface area contributed by atoms with E-state index in [-0.39, 0.29) is 12.1 Å². The number of anilines is 1. The minimum Gasteiger partial charge on any atom is -0.440 e. The van der Waals surface area contributed by atoms with Gasteiger partial charge in [-0.25, -0.2) is 9.78 Å². The number of urea groups is 1. The van der Waals surface area contributed by atoms with Crippen LogP contribution in [-0.2, 0) is 0 Å². The third-order valence-corrected chi connectivity index (χ3v) is 5.34. The van der Waals surface area contributed by atoms with Crippen molar-refractivity contribution in [3.8, 4) is 0 Å². The molecule has 3 aromatic rings. The Labute approximate surface area is 152 Å². The minimum absolute atomic E-state index is 0.0674. The van der Waals surface area contributed by atoms with E-state index < -0.39 is 0 Å². The van der Waals surface area contributed by atoms with Crippen LogP contribution in [0.5, 0.6) is 0 Å². The average Bonchev–Trinajstić information content (AvgIpc) is 3.40. The van der Waals surface area contributed by atoms with E-state index in [9.17, 15) is 4.79 Å². The van der Waals surface area contributed by atoms with Crippen molar-refractivity contribution in [1.82, 2.24) is 9.88 Å². The summed E-state index contributed by atoms with van der Waals surface area (Å²) in [7, 11) is 0. The fourth-order valence-electron chi connectivity index (χ4n) is 3.78. The maximum Gasteiger partial charge on any atom is 0.322 e. The van der Waals surface area contributed by atoms with E-state index in [0.717, 1.165) is 42.1 Å². The van der Waals surface area contributed by atoms with Crippen molar-refractivity contribution in [3.63, 3.8) is 0 Å². The molecule has 1 aliphatic carbocycles. The second-order valence-corrected chi connectivity index (χ2v) is 7.42. The second-order valence-electron chi connectivity index (χ2n) is 7.42. The van der Waals surface area contributed by atoms with Gasteiger partial charge in [0.1, 0.15) is 5.52 Å². The number of nitrogens with zero attached hydrogens (tertiary/aromatic N) is 2. The van der Waals surface area contributed by atoms with Crippen molar-refractivity contribution in [1.29, 1.82) is 0 Å². The Balaban J connectivity index is 1.34. The summed E-state index contributed by atoms with van der Waals surface area (Å²) in [6, 6.07) is 15.9. The van der Waals surface area contributed by atoms with E-state index in [4.69, 9.17) is 4.42 Å². The van der Waals surface area contributed by atoms with Crippen LogP contribution in [0.3, 0.4) is 0 Å². The number of rotatable bonds is 3. The molecule has 2 fully saturated rings. The van der Waals surface area contributed by atoms with Crippen LogP contribution in [0.15, 0.2) is 52.9 Å². The molecular weight excluding hydrogens is 326 g/mol. The quantitative estimate of drug-likeness (QED) is 0.731. The zero-order valence-corrected chi connectivity index (χ0v) is 14.7. The summed E-state index contributed by atoms with van der Waals surface area (Å²) in [5.74, 6) is 1.76. The van der Waals surface area contributed by atoms with Crippen molar-refractivity contribution >= 4 is 22.8 Å². The zero-order valence-electron chi connectivity index (χ0n) is 14.7. The maximum atomic E-state index is 12.8. The smallest absolute Gasteiger partial charge is 0.322 e. The van der Waals surface area contributed by atoms with E-state index in [1.165, 1.54) is 5.56 Å². The third kappa shape index (κ3) is 2.64. The molecule has 0 radical (unpaired) electrons. The monoisotopic (exact) mass is 347 g/mol. The number of likely N-dealkylation sites (tertiary alicyclic amines) is 1. The van der Waals surface area contributed by atoms with Crippen molar-refractivity contribution in [2.24, 2.45) is 5.92 Å². The van der Waals surface area contributed by atoms with Gasteiger partial charge in [-0.3, -0.25) is 0 Å². The number of fused-ring (bicyclic) bond motifs is 1. The van der Waals surface area contributed by atoms with Gasteiger partial charge in [0, 0.05) is 18.2 Å². The standard InChI is InChI=1S/C21H21N3O2/c1-13-12-24(19(13)14-5-3-2-4-6-14)21(25)22-16-9-10-18-17(11-16)23-20(26-18)15-7-8-15/h2-6,9-11,13,15,19H,7-8,12H2,1H3,(H,22,25). The molecule has 1 saturated heterocycles. The number of carbonyl (C=O) groups is 1. The Hall–Kier alpha value is -2.82. The molecule has 5 heteroatoms. The molecule has 1 aliphatic heterocycles. The Morgan fingerprint density at radius 3 is 2.73 bits per heavy atom. The molecule has 132 valence electrons. The van der Waals surface area contributed by atoms with Gasteiger partial charge in [0.15, 0.2) is 11.5 Å². The molecule has 1 saturated carbocycles. The van der Waals surface area contributed by atoms with Gasteiger partial charge in [0.25, 0.3) is 0 Å². The van der Waals surface area contributed by atoms with E-state index in [0.29, 0.717) is 11.8 Å². The van der Waals surface area contributed by atoms with Gasteiger partial charge >= 0.3 is 6.03 Å². The lowest BCUT2D eigenvalue weighted by atomic mass is 9.85. The highest BCUT2D eigenvalue weighted by atomic mass is 16.3. The molecule has 0 bridgehead atoms. The highest BCUT2D eigenvalue weighted by Gasteiger charge is 2.40. The highest BCUT2D eigenvalue weighted by Crippen LogP contribution is 2.41. The Morgan fingerprint density at radius 2 is 2.00 bits per heavy atom. The number of hydrogen-bond donors (Lipinski definition) is 1. The van der Waals surface area contributed by atoms with Crippen molar-refractivity contribution < 1.29 is 9.21 Å². The lowest BCUT2D eigenvalue weighted by Crippen LogP contribution is -2.53. The average molecular weight is 347 g/mol. The summed E-state index contributed by atoms with van der Waals surface area (Å²) in [6.07, 6.45) is 2.31. The van der Waals surface area contributed by atoms with Gasteiger partial charge in [0.2, 0.25) is 0 Å². The summed E-state index contributed by atoms with van der Waals surface area (Å²) in [4.78, 5) is 19.2. The molecule has 2 aliphatic rings. The van der Waals surface area contributed by atoms with Crippen molar-refractivity contribution in [2.75, 3.05) is 11.9 Å². The molecular formula is C21H21N3O2. The van der Waals surface area contributed by atoms with E-state index in [1.807, 2.05) is 41.3 Å². The predicted molar refractivity (Wildman–Crippen MR) is 100 cm³/mol. The Kier molecular flexibility index (Phi) is 3.48. The van der Waals surface area contributed by atoms with Crippen LogP contribution in [0.1, 0.15) is 43.2 Å². The number of benzene rings is 2. The number of hydrogen-bond acceptors (Lipinski definition) is 3. The lowest BCUT2D eigenvalue weighted by molar-refractivity contribution is 0.0671. The molecule has 2 heterocycles. The first kappa shape index (κ1) is 15.4. The predicted octanol–water partition coefficient (Wildman–Crippen LogP) is 4.93. The fraction of sp³-hybridized carbons (Fsp3) is 0.333. The van der Waals surface area contributed by atoms with Gasteiger partial charge in [-0.1, -0.05) is 37.3 Å². The van der Waals surface area contributed by atoms with Gasteiger partial charge in [-0.2, -0.15) is 0 Å². The number of aromatic nitrogens is 1. The van der Waals surface area contributed by atoms with Crippen LogP contribution >= 0.6 is 0 Å². The molecule has 0 spiro atoms. The fourth-order valence-corrected chi connectivity index (χ4v) is 3.78. The van der Waals surface area contributed by atoms with E-state index in [1.54, 1.807) is 0 Å². The summed E-state index contributed by atoms with van der Waals surface area (Å²) in [5.41, 5.74) is 3.53. The molecule has 26 heavy (non-hydrogen) atoms. The maximum absolute atomic E-state index is 12.8.